The molecule has 1 nitrogen and oxygen atoms in total. The van der Waals surface area contributed by atoms with Gasteiger partial charge >= 0.3 is 0 Å². The maximum Gasteiger partial charge on any atom is 0.126 e. The second-order valence-corrected chi connectivity index (χ2v) is 8.00. The SMILES string of the molecule is C=Cc1cc2c(cc1OC)[C@H]1CC[C@]3(C)CCC[C@H]3[C@@H]1CC2. The first kappa shape index (κ1) is 14.4. The van der Waals surface area contributed by atoms with Crippen LogP contribution in [0.2, 0.25) is 0 Å². The van der Waals surface area contributed by atoms with Gasteiger partial charge in [-0.2, -0.15) is 0 Å². The van der Waals surface area contributed by atoms with Gasteiger partial charge in [0.05, 0.1) is 7.11 Å². The molecular weight excluding hydrogens is 268 g/mol. The molecule has 3 aliphatic carbocycles. The zero-order valence-electron chi connectivity index (χ0n) is 14.0. The average molecular weight is 296 g/mol. The van der Waals surface area contributed by atoms with Gasteiger partial charge in [-0.15, -0.1) is 0 Å². The van der Waals surface area contributed by atoms with Crippen LogP contribution in [0, 0.1) is 17.3 Å². The van der Waals surface area contributed by atoms with E-state index in [1.165, 1.54) is 44.9 Å². The van der Waals surface area contributed by atoms with Crippen molar-refractivity contribution in [3.8, 4) is 5.75 Å². The van der Waals surface area contributed by atoms with Crippen LogP contribution in [0.15, 0.2) is 18.7 Å². The van der Waals surface area contributed by atoms with Crippen LogP contribution in [0.3, 0.4) is 0 Å². The molecule has 0 radical (unpaired) electrons. The molecule has 1 aromatic rings. The summed E-state index contributed by atoms with van der Waals surface area (Å²) in [6.07, 6.45) is 11.7. The van der Waals surface area contributed by atoms with Crippen molar-refractivity contribution in [2.75, 3.05) is 7.11 Å². The summed E-state index contributed by atoms with van der Waals surface area (Å²) in [7, 11) is 1.78. The molecule has 4 atom stereocenters. The second-order valence-electron chi connectivity index (χ2n) is 8.00. The van der Waals surface area contributed by atoms with Gasteiger partial charge in [-0.05, 0) is 85.0 Å². The first-order valence-corrected chi connectivity index (χ1v) is 8.99. The number of methoxy groups -OCH3 is 1. The maximum absolute atomic E-state index is 5.62. The summed E-state index contributed by atoms with van der Waals surface area (Å²) in [4.78, 5) is 0. The number of aryl methyl sites for hydroxylation is 1. The van der Waals surface area contributed by atoms with Crippen molar-refractivity contribution in [2.45, 2.75) is 57.8 Å². The highest BCUT2D eigenvalue weighted by Crippen LogP contribution is 2.61. The summed E-state index contributed by atoms with van der Waals surface area (Å²) < 4.78 is 5.62. The number of rotatable bonds is 2. The van der Waals surface area contributed by atoms with Crippen molar-refractivity contribution in [1.29, 1.82) is 0 Å². The monoisotopic (exact) mass is 296 g/mol. The van der Waals surface area contributed by atoms with Crippen molar-refractivity contribution in [3.05, 3.63) is 35.4 Å². The number of hydrogen-bond donors (Lipinski definition) is 0. The molecule has 118 valence electrons. The van der Waals surface area contributed by atoms with Crippen LogP contribution >= 0.6 is 0 Å². The van der Waals surface area contributed by atoms with Crippen LogP contribution in [0.5, 0.6) is 5.75 Å². The minimum absolute atomic E-state index is 0.643. The highest BCUT2D eigenvalue weighted by molar-refractivity contribution is 5.59. The molecule has 0 saturated heterocycles. The molecule has 0 aromatic heterocycles. The Kier molecular flexibility index (Phi) is 3.36. The number of ether oxygens (including phenoxy) is 1. The zero-order chi connectivity index (χ0) is 15.3. The van der Waals surface area contributed by atoms with Gasteiger partial charge in [0.25, 0.3) is 0 Å². The van der Waals surface area contributed by atoms with E-state index in [1.807, 2.05) is 6.08 Å². The largest absolute Gasteiger partial charge is 0.496 e. The predicted molar refractivity (Wildman–Crippen MR) is 92.3 cm³/mol. The fourth-order valence-corrected chi connectivity index (χ4v) is 5.95. The van der Waals surface area contributed by atoms with E-state index in [4.69, 9.17) is 4.74 Å². The molecule has 1 heteroatoms. The Balaban J connectivity index is 1.74. The van der Waals surface area contributed by atoms with Gasteiger partial charge in [-0.3, -0.25) is 0 Å². The highest BCUT2D eigenvalue weighted by atomic mass is 16.5. The Morgan fingerprint density at radius 3 is 2.86 bits per heavy atom. The second kappa shape index (κ2) is 5.15. The molecule has 1 aromatic carbocycles. The van der Waals surface area contributed by atoms with E-state index < -0.39 is 0 Å². The molecular formula is C21H28O. The summed E-state index contributed by atoms with van der Waals surface area (Å²) in [5.41, 5.74) is 4.94. The summed E-state index contributed by atoms with van der Waals surface area (Å²) in [6.45, 7) is 6.51. The van der Waals surface area contributed by atoms with Crippen LogP contribution in [0.1, 0.15) is 68.1 Å². The van der Waals surface area contributed by atoms with Gasteiger partial charge in [0, 0.05) is 5.56 Å². The molecule has 4 rings (SSSR count). The van der Waals surface area contributed by atoms with Crippen LogP contribution in [0.25, 0.3) is 6.08 Å². The van der Waals surface area contributed by atoms with Crippen LogP contribution in [-0.4, -0.2) is 7.11 Å². The van der Waals surface area contributed by atoms with Crippen LogP contribution < -0.4 is 4.74 Å². The summed E-state index contributed by atoms with van der Waals surface area (Å²) >= 11 is 0. The lowest BCUT2D eigenvalue weighted by Gasteiger charge is -2.49. The minimum atomic E-state index is 0.643. The smallest absolute Gasteiger partial charge is 0.126 e. The lowest BCUT2D eigenvalue weighted by molar-refractivity contribution is 0.0598. The molecule has 0 unspecified atom stereocenters. The van der Waals surface area contributed by atoms with E-state index in [2.05, 4.69) is 25.6 Å². The van der Waals surface area contributed by atoms with Gasteiger partial charge in [0.15, 0.2) is 0 Å². The van der Waals surface area contributed by atoms with Crippen molar-refractivity contribution >= 4 is 6.08 Å². The Hall–Kier alpha value is -1.24. The first-order chi connectivity index (χ1) is 10.7. The van der Waals surface area contributed by atoms with E-state index >= 15 is 0 Å². The lowest BCUT2D eigenvalue weighted by Crippen LogP contribution is -2.39. The first-order valence-electron chi connectivity index (χ1n) is 8.99. The predicted octanol–water partition coefficient (Wildman–Crippen LogP) is 5.58. The Bertz CT molecular complexity index is 602. The van der Waals surface area contributed by atoms with Crippen molar-refractivity contribution in [3.63, 3.8) is 0 Å². The van der Waals surface area contributed by atoms with E-state index in [1.54, 1.807) is 18.2 Å². The lowest BCUT2D eigenvalue weighted by atomic mass is 9.56. The maximum atomic E-state index is 5.62. The van der Waals surface area contributed by atoms with Crippen molar-refractivity contribution in [1.82, 2.24) is 0 Å². The average Bonchev–Trinajstić information content (AvgIpc) is 2.94. The molecule has 0 spiro atoms. The van der Waals surface area contributed by atoms with Crippen LogP contribution in [0.4, 0.5) is 0 Å². The Labute approximate surface area is 134 Å². The quantitative estimate of drug-likeness (QED) is 0.691. The van der Waals surface area contributed by atoms with Crippen LogP contribution in [-0.2, 0) is 6.42 Å². The number of fused-ring (bicyclic) bond motifs is 5. The fourth-order valence-electron chi connectivity index (χ4n) is 5.95. The fraction of sp³-hybridized carbons (Fsp3) is 0.619. The molecule has 0 bridgehead atoms. The minimum Gasteiger partial charge on any atom is -0.496 e. The Morgan fingerprint density at radius 2 is 2.09 bits per heavy atom. The topological polar surface area (TPSA) is 9.23 Å². The Morgan fingerprint density at radius 1 is 1.23 bits per heavy atom. The van der Waals surface area contributed by atoms with Gasteiger partial charge in [-0.25, -0.2) is 0 Å². The number of hydrogen-bond acceptors (Lipinski definition) is 1. The van der Waals surface area contributed by atoms with E-state index in [0.717, 1.165) is 29.1 Å². The van der Waals surface area contributed by atoms with E-state index in [0.29, 0.717) is 5.41 Å². The normalized spacial score (nSPS) is 36.2. The summed E-state index contributed by atoms with van der Waals surface area (Å²) in [6, 6.07) is 4.67. The summed E-state index contributed by atoms with van der Waals surface area (Å²) in [5, 5.41) is 0. The van der Waals surface area contributed by atoms with E-state index in [9.17, 15) is 0 Å². The molecule has 22 heavy (non-hydrogen) atoms. The zero-order valence-corrected chi connectivity index (χ0v) is 14.0. The molecule has 0 aliphatic heterocycles. The van der Waals surface area contributed by atoms with E-state index in [-0.39, 0.29) is 0 Å². The van der Waals surface area contributed by atoms with Gasteiger partial charge in [-0.1, -0.05) is 26.0 Å². The third-order valence-electron chi connectivity index (χ3n) is 7.08. The van der Waals surface area contributed by atoms with Gasteiger partial charge in [0.1, 0.15) is 5.75 Å². The number of benzene rings is 1. The third kappa shape index (κ3) is 1.97. The van der Waals surface area contributed by atoms with Gasteiger partial charge < -0.3 is 4.74 Å². The molecule has 0 N–H and O–H groups in total. The molecule has 2 fully saturated rings. The standard InChI is InChI=1S/C21H28O/c1-4-14-12-15-7-8-17-16(18(15)13-20(14)22-3)9-11-21(2)10-5-6-19(17)21/h4,12-13,16-17,19H,1,5-11H2,2-3H3/t16-,17+,19-,21-/m0/s1. The van der Waals surface area contributed by atoms with Crippen molar-refractivity contribution < 1.29 is 4.74 Å². The molecule has 0 amide bonds. The molecule has 0 heterocycles. The highest BCUT2D eigenvalue weighted by Gasteiger charge is 2.50. The molecule has 3 aliphatic rings. The summed E-state index contributed by atoms with van der Waals surface area (Å²) in [5.74, 6) is 3.65. The third-order valence-corrected chi connectivity index (χ3v) is 7.08. The van der Waals surface area contributed by atoms with Gasteiger partial charge in [0.2, 0.25) is 0 Å². The molecule has 2 saturated carbocycles. The van der Waals surface area contributed by atoms with Crippen molar-refractivity contribution in [2.24, 2.45) is 17.3 Å².